The van der Waals surface area contributed by atoms with Crippen LogP contribution in [0.15, 0.2) is 0 Å². The second kappa shape index (κ2) is 5.28. The number of rotatable bonds is 0. The first-order valence-corrected chi connectivity index (χ1v) is 7.13. The number of carbonyl (C=O) groups excluding carboxylic acids is 1. The van der Waals surface area contributed by atoms with Crippen LogP contribution in [0.4, 0.5) is 4.79 Å². The summed E-state index contributed by atoms with van der Waals surface area (Å²) in [6, 6.07) is 0.708. The van der Waals surface area contributed by atoms with Crippen molar-refractivity contribution in [3.63, 3.8) is 0 Å². The van der Waals surface area contributed by atoms with Crippen LogP contribution in [0.5, 0.6) is 0 Å². The van der Waals surface area contributed by atoms with Crippen LogP contribution in [0.2, 0.25) is 0 Å². The van der Waals surface area contributed by atoms with Crippen molar-refractivity contribution in [3.8, 4) is 0 Å². The Balaban J connectivity index is 1.94. The summed E-state index contributed by atoms with van der Waals surface area (Å²) in [5.74, 6) is 1.45. The number of hydrogen-bond donors (Lipinski definition) is 0. The fourth-order valence-electron chi connectivity index (χ4n) is 3.24. The van der Waals surface area contributed by atoms with E-state index in [1.165, 1.54) is 19.3 Å². The first-order chi connectivity index (χ1) is 8.08. The summed E-state index contributed by atoms with van der Waals surface area (Å²) in [5.41, 5.74) is 0. The molecule has 0 aromatic heterocycles. The molecule has 0 aliphatic carbocycles. The van der Waals surface area contributed by atoms with Gasteiger partial charge in [0.1, 0.15) is 0 Å². The highest BCUT2D eigenvalue weighted by Crippen LogP contribution is 2.25. The molecule has 2 aliphatic heterocycles. The van der Waals surface area contributed by atoms with E-state index in [1.807, 2.05) is 0 Å². The third-order valence-electron chi connectivity index (χ3n) is 4.31. The molecule has 2 fully saturated rings. The van der Waals surface area contributed by atoms with E-state index >= 15 is 0 Å². The summed E-state index contributed by atoms with van der Waals surface area (Å²) in [6.07, 6.45) is 4.77. The molecule has 3 nitrogen and oxygen atoms in total. The highest BCUT2D eigenvalue weighted by atomic mass is 16.2. The number of piperidine rings is 2. The zero-order valence-corrected chi connectivity index (χ0v) is 11.5. The van der Waals surface area contributed by atoms with Gasteiger partial charge in [0.15, 0.2) is 0 Å². The van der Waals surface area contributed by atoms with Crippen molar-refractivity contribution in [1.29, 1.82) is 0 Å². The van der Waals surface area contributed by atoms with Crippen molar-refractivity contribution in [2.45, 2.75) is 52.5 Å². The Bertz CT molecular complexity index is 279. The van der Waals surface area contributed by atoms with Gasteiger partial charge in [-0.25, -0.2) is 4.79 Å². The Labute approximate surface area is 105 Å². The Morgan fingerprint density at radius 1 is 1.06 bits per heavy atom. The van der Waals surface area contributed by atoms with E-state index < -0.39 is 0 Å². The van der Waals surface area contributed by atoms with Crippen molar-refractivity contribution in [3.05, 3.63) is 0 Å². The second-order valence-electron chi connectivity index (χ2n) is 6.15. The second-order valence-corrected chi connectivity index (χ2v) is 6.15. The molecule has 3 heteroatoms. The number of carbonyl (C=O) groups is 1. The average Bonchev–Trinajstić information content (AvgIpc) is 2.28. The summed E-state index contributed by atoms with van der Waals surface area (Å²) < 4.78 is 0. The van der Waals surface area contributed by atoms with Gasteiger partial charge in [0.25, 0.3) is 0 Å². The summed E-state index contributed by atoms with van der Waals surface area (Å²) in [5, 5.41) is 0. The lowest BCUT2D eigenvalue weighted by Gasteiger charge is -2.41. The highest BCUT2D eigenvalue weighted by molar-refractivity contribution is 5.75. The van der Waals surface area contributed by atoms with Crippen molar-refractivity contribution in [2.75, 3.05) is 19.6 Å². The lowest BCUT2D eigenvalue weighted by molar-refractivity contribution is 0.0940. The first-order valence-electron chi connectivity index (χ1n) is 7.13. The van der Waals surface area contributed by atoms with Crippen molar-refractivity contribution >= 4 is 6.03 Å². The minimum absolute atomic E-state index is 0.288. The molecule has 2 aliphatic rings. The van der Waals surface area contributed by atoms with Crippen molar-refractivity contribution < 1.29 is 4.79 Å². The van der Waals surface area contributed by atoms with E-state index in [1.54, 1.807) is 0 Å². The lowest BCUT2D eigenvalue weighted by atomic mass is 9.93. The van der Waals surface area contributed by atoms with Gasteiger partial charge >= 0.3 is 6.03 Å². The van der Waals surface area contributed by atoms with Crippen molar-refractivity contribution in [2.24, 2.45) is 11.8 Å². The van der Waals surface area contributed by atoms with E-state index in [0.717, 1.165) is 32.0 Å². The van der Waals surface area contributed by atoms with Crippen molar-refractivity contribution in [1.82, 2.24) is 9.80 Å². The van der Waals surface area contributed by atoms with Crippen LogP contribution >= 0.6 is 0 Å². The molecule has 0 radical (unpaired) electrons. The SMILES string of the molecule is CC1CCN(C(=O)N2CCCC(C)C2)C(C)C1. The van der Waals surface area contributed by atoms with Crippen LogP contribution in [0.1, 0.15) is 46.5 Å². The van der Waals surface area contributed by atoms with Crippen LogP contribution in [-0.2, 0) is 0 Å². The Morgan fingerprint density at radius 2 is 1.82 bits per heavy atom. The first kappa shape index (κ1) is 12.7. The molecule has 2 amide bonds. The molecule has 3 atom stereocenters. The Kier molecular flexibility index (Phi) is 3.95. The average molecular weight is 238 g/mol. The summed E-state index contributed by atoms with van der Waals surface area (Å²) in [4.78, 5) is 16.6. The predicted molar refractivity (Wildman–Crippen MR) is 69.9 cm³/mol. The van der Waals surface area contributed by atoms with E-state index in [4.69, 9.17) is 0 Å². The van der Waals surface area contributed by atoms with Gasteiger partial charge in [0.2, 0.25) is 0 Å². The van der Waals surface area contributed by atoms with Crippen LogP contribution in [0.3, 0.4) is 0 Å². The molecule has 2 heterocycles. The van der Waals surface area contributed by atoms with Crippen LogP contribution < -0.4 is 0 Å². The molecule has 3 unspecified atom stereocenters. The van der Waals surface area contributed by atoms with Gasteiger partial charge < -0.3 is 9.80 Å². The van der Waals surface area contributed by atoms with Crippen LogP contribution in [0.25, 0.3) is 0 Å². The number of nitrogens with zero attached hydrogens (tertiary/aromatic N) is 2. The normalized spacial score (nSPS) is 34.9. The maximum absolute atomic E-state index is 12.5. The zero-order valence-electron chi connectivity index (χ0n) is 11.5. The fraction of sp³-hybridized carbons (Fsp3) is 0.929. The standard InChI is InChI=1S/C14H26N2O/c1-11-6-8-16(13(3)9-11)14(17)15-7-4-5-12(2)10-15/h11-13H,4-10H2,1-3H3. The summed E-state index contributed by atoms with van der Waals surface area (Å²) in [7, 11) is 0. The maximum atomic E-state index is 12.5. The van der Waals surface area contributed by atoms with Gasteiger partial charge in [-0.2, -0.15) is 0 Å². The fourth-order valence-corrected chi connectivity index (χ4v) is 3.24. The van der Waals surface area contributed by atoms with Gasteiger partial charge in [-0.15, -0.1) is 0 Å². The van der Waals surface area contributed by atoms with E-state index in [-0.39, 0.29) is 6.03 Å². The number of hydrogen-bond acceptors (Lipinski definition) is 1. The van der Waals surface area contributed by atoms with Gasteiger partial charge in [-0.3, -0.25) is 0 Å². The predicted octanol–water partition coefficient (Wildman–Crippen LogP) is 2.96. The van der Waals surface area contributed by atoms with Gasteiger partial charge in [-0.05, 0) is 44.4 Å². The van der Waals surface area contributed by atoms with E-state index in [0.29, 0.717) is 12.0 Å². The molecular weight excluding hydrogens is 212 g/mol. The van der Waals surface area contributed by atoms with E-state index in [9.17, 15) is 4.79 Å². The van der Waals surface area contributed by atoms with Gasteiger partial charge in [-0.1, -0.05) is 13.8 Å². The monoisotopic (exact) mass is 238 g/mol. The third kappa shape index (κ3) is 2.93. The summed E-state index contributed by atoms with van der Waals surface area (Å²) in [6.45, 7) is 9.61. The number of likely N-dealkylation sites (tertiary alicyclic amines) is 2. The quantitative estimate of drug-likeness (QED) is 0.636. The smallest absolute Gasteiger partial charge is 0.320 e. The molecule has 0 aromatic carbocycles. The molecule has 2 saturated heterocycles. The van der Waals surface area contributed by atoms with Crippen LogP contribution in [-0.4, -0.2) is 41.5 Å². The summed E-state index contributed by atoms with van der Waals surface area (Å²) >= 11 is 0. The lowest BCUT2D eigenvalue weighted by Crippen LogP contribution is -2.52. The number of amides is 2. The molecule has 0 saturated carbocycles. The Hall–Kier alpha value is -0.730. The molecule has 0 N–H and O–H groups in total. The minimum Gasteiger partial charge on any atom is -0.324 e. The van der Waals surface area contributed by atoms with Crippen LogP contribution in [0, 0.1) is 11.8 Å². The molecule has 0 bridgehead atoms. The van der Waals surface area contributed by atoms with E-state index in [2.05, 4.69) is 30.6 Å². The molecule has 0 aromatic rings. The molecule has 98 valence electrons. The molecular formula is C14H26N2O. The minimum atomic E-state index is 0.288. The molecule has 2 rings (SSSR count). The topological polar surface area (TPSA) is 23.6 Å². The third-order valence-corrected chi connectivity index (χ3v) is 4.31. The molecule has 17 heavy (non-hydrogen) atoms. The Morgan fingerprint density at radius 3 is 2.47 bits per heavy atom. The maximum Gasteiger partial charge on any atom is 0.320 e. The highest BCUT2D eigenvalue weighted by Gasteiger charge is 2.31. The van der Waals surface area contributed by atoms with Gasteiger partial charge in [0.05, 0.1) is 0 Å². The number of urea groups is 1. The largest absolute Gasteiger partial charge is 0.324 e. The molecule has 0 spiro atoms. The van der Waals surface area contributed by atoms with Gasteiger partial charge in [0, 0.05) is 25.7 Å². The zero-order chi connectivity index (χ0) is 12.4.